The van der Waals surface area contributed by atoms with Gasteiger partial charge in [-0.15, -0.1) is 0 Å². The predicted molar refractivity (Wildman–Crippen MR) is 46.3 cm³/mol. The Kier molecular flexibility index (Phi) is 3.78. The molecule has 0 aliphatic carbocycles. The minimum Gasteiger partial charge on any atom is -0.391 e. The first kappa shape index (κ1) is 12.1. The molecule has 0 aromatic carbocycles. The molecule has 0 aromatic heterocycles. The Hall–Kier alpha value is -0.980. The first-order valence-electron chi connectivity index (χ1n) is 4.66. The molecule has 1 aliphatic rings. The lowest BCUT2D eigenvalue weighted by Crippen LogP contribution is -2.49. The monoisotopic (exact) mass is 226 g/mol. The third-order valence-electron chi connectivity index (χ3n) is 2.12. The van der Waals surface area contributed by atoms with Gasteiger partial charge in [0.15, 0.2) is 0 Å². The van der Waals surface area contributed by atoms with Gasteiger partial charge in [-0.25, -0.2) is 4.79 Å². The minimum absolute atomic E-state index is 0.101. The quantitative estimate of drug-likeness (QED) is 0.692. The van der Waals surface area contributed by atoms with E-state index in [0.29, 0.717) is 19.4 Å². The van der Waals surface area contributed by atoms with E-state index in [1.165, 1.54) is 4.90 Å². The zero-order valence-electron chi connectivity index (χ0n) is 8.05. The molecule has 0 unspecified atom stereocenters. The summed E-state index contributed by atoms with van der Waals surface area (Å²) < 4.78 is 35.3. The molecule has 0 radical (unpaired) electrons. The van der Waals surface area contributed by atoms with Crippen LogP contribution in [0.2, 0.25) is 0 Å². The van der Waals surface area contributed by atoms with Crippen molar-refractivity contribution in [2.75, 3.05) is 19.6 Å². The normalized spacial score (nSPS) is 22.7. The molecule has 1 rings (SSSR count). The Morgan fingerprint density at radius 1 is 1.53 bits per heavy atom. The maximum atomic E-state index is 11.8. The molecule has 2 N–H and O–H groups in total. The molecular weight excluding hydrogens is 213 g/mol. The standard InChI is InChI=1S/C8H13F3N2O2/c9-8(10,11)5-12-7(15)13-3-1-2-6(14)4-13/h6,14H,1-5H2,(H,12,15)/t6-/m0/s1. The molecule has 7 heteroatoms. The molecule has 0 bridgehead atoms. The minimum atomic E-state index is -4.40. The molecule has 1 atom stereocenters. The molecule has 0 saturated carbocycles. The molecule has 88 valence electrons. The van der Waals surface area contributed by atoms with Crippen molar-refractivity contribution in [3.05, 3.63) is 0 Å². The van der Waals surface area contributed by atoms with Crippen molar-refractivity contribution in [3.63, 3.8) is 0 Å². The lowest BCUT2D eigenvalue weighted by Gasteiger charge is -2.30. The van der Waals surface area contributed by atoms with Gasteiger partial charge >= 0.3 is 12.2 Å². The molecular formula is C8H13F3N2O2. The Balaban J connectivity index is 2.33. The number of rotatable bonds is 1. The van der Waals surface area contributed by atoms with E-state index in [4.69, 9.17) is 0 Å². The first-order valence-corrected chi connectivity index (χ1v) is 4.66. The topological polar surface area (TPSA) is 52.6 Å². The van der Waals surface area contributed by atoms with Crippen molar-refractivity contribution in [1.29, 1.82) is 0 Å². The number of aliphatic hydroxyl groups excluding tert-OH is 1. The molecule has 15 heavy (non-hydrogen) atoms. The van der Waals surface area contributed by atoms with Crippen LogP contribution in [-0.4, -0.2) is 48.0 Å². The van der Waals surface area contributed by atoms with Crippen LogP contribution in [0, 0.1) is 0 Å². The second kappa shape index (κ2) is 4.69. The number of amides is 2. The van der Waals surface area contributed by atoms with E-state index in [0.717, 1.165) is 0 Å². The summed E-state index contributed by atoms with van der Waals surface area (Å²) in [4.78, 5) is 12.4. The van der Waals surface area contributed by atoms with Crippen LogP contribution in [0.25, 0.3) is 0 Å². The second-order valence-electron chi connectivity index (χ2n) is 3.52. The Bertz CT molecular complexity index is 232. The highest BCUT2D eigenvalue weighted by atomic mass is 19.4. The third kappa shape index (κ3) is 4.37. The van der Waals surface area contributed by atoms with Crippen molar-refractivity contribution in [2.24, 2.45) is 0 Å². The van der Waals surface area contributed by atoms with Gasteiger partial charge in [0.25, 0.3) is 0 Å². The number of nitrogens with one attached hydrogen (secondary N) is 1. The Morgan fingerprint density at radius 3 is 2.73 bits per heavy atom. The van der Waals surface area contributed by atoms with Crippen LogP contribution in [0.3, 0.4) is 0 Å². The van der Waals surface area contributed by atoms with Gasteiger partial charge in [-0.1, -0.05) is 0 Å². The average Bonchev–Trinajstić information content (AvgIpc) is 2.13. The van der Waals surface area contributed by atoms with Crippen LogP contribution in [0.15, 0.2) is 0 Å². The van der Waals surface area contributed by atoms with E-state index in [1.807, 2.05) is 0 Å². The highest BCUT2D eigenvalue weighted by Gasteiger charge is 2.29. The number of carbonyl (C=O) groups excluding carboxylic acids is 1. The van der Waals surface area contributed by atoms with Gasteiger partial charge in [0.05, 0.1) is 6.10 Å². The first-order chi connectivity index (χ1) is 6.88. The van der Waals surface area contributed by atoms with Crippen LogP contribution < -0.4 is 5.32 Å². The zero-order valence-corrected chi connectivity index (χ0v) is 8.05. The average molecular weight is 226 g/mol. The molecule has 1 aliphatic heterocycles. The predicted octanol–water partition coefficient (Wildman–Crippen LogP) is 0.715. The molecule has 0 aromatic rings. The molecule has 4 nitrogen and oxygen atoms in total. The number of alkyl halides is 3. The SMILES string of the molecule is O=C(NCC(F)(F)F)N1CCC[C@H](O)C1. The maximum Gasteiger partial charge on any atom is 0.405 e. The largest absolute Gasteiger partial charge is 0.405 e. The molecule has 0 spiro atoms. The molecule has 1 heterocycles. The second-order valence-corrected chi connectivity index (χ2v) is 3.52. The summed E-state index contributed by atoms with van der Waals surface area (Å²) in [6.07, 6.45) is -3.83. The number of likely N-dealkylation sites (tertiary alicyclic amines) is 1. The van der Waals surface area contributed by atoms with E-state index in [-0.39, 0.29) is 6.54 Å². The number of halogens is 3. The maximum absolute atomic E-state index is 11.8. The fraction of sp³-hybridized carbons (Fsp3) is 0.875. The van der Waals surface area contributed by atoms with Gasteiger partial charge in [0.2, 0.25) is 0 Å². The molecule has 1 fully saturated rings. The lowest BCUT2D eigenvalue weighted by molar-refractivity contribution is -0.123. The van der Waals surface area contributed by atoms with E-state index in [2.05, 4.69) is 0 Å². The van der Waals surface area contributed by atoms with Crippen molar-refractivity contribution >= 4 is 6.03 Å². The highest BCUT2D eigenvalue weighted by molar-refractivity contribution is 5.74. The smallest absolute Gasteiger partial charge is 0.391 e. The van der Waals surface area contributed by atoms with Crippen LogP contribution in [-0.2, 0) is 0 Å². The van der Waals surface area contributed by atoms with Crippen LogP contribution >= 0.6 is 0 Å². The number of hydrogen-bond donors (Lipinski definition) is 2. The number of carbonyl (C=O) groups is 1. The van der Waals surface area contributed by atoms with E-state index in [9.17, 15) is 23.1 Å². The van der Waals surface area contributed by atoms with Gasteiger partial charge < -0.3 is 15.3 Å². The van der Waals surface area contributed by atoms with E-state index in [1.54, 1.807) is 5.32 Å². The third-order valence-corrected chi connectivity index (χ3v) is 2.12. The number of hydrogen-bond acceptors (Lipinski definition) is 2. The highest BCUT2D eigenvalue weighted by Crippen LogP contribution is 2.13. The van der Waals surface area contributed by atoms with Gasteiger partial charge in [-0.3, -0.25) is 0 Å². The van der Waals surface area contributed by atoms with Crippen LogP contribution in [0.1, 0.15) is 12.8 Å². The van der Waals surface area contributed by atoms with Gasteiger partial charge in [0, 0.05) is 13.1 Å². The Labute approximate surface area is 85.1 Å². The van der Waals surface area contributed by atoms with Crippen molar-refractivity contribution in [1.82, 2.24) is 10.2 Å². The fourth-order valence-corrected chi connectivity index (χ4v) is 1.43. The van der Waals surface area contributed by atoms with Crippen molar-refractivity contribution < 1.29 is 23.1 Å². The van der Waals surface area contributed by atoms with Gasteiger partial charge in [-0.05, 0) is 12.8 Å². The van der Waals surface area contributed by atoms with Gasteiger partial charge in [-0.2, -0.15) is 13.2 Å². The van der Waals surface area contributed by atoms with Crippen LogP contribution in [0.4, 0.5) is 18.0 Å². The van der Waals surface area contributed by atoms with Gasteiger partial charge in [0.1, 0.15) is 6.54 Å². The summed E-state index contributed by atoms with van der Waals surface area (Å²) in [5, 5.41) is 11.0. The number of piperidine rings is 1. The summed E-state index contributed by atoms with van der Waals surface area (Å²) in [5.74, 6) is 0. The number of urea groups is 1. The molecule has 1 saturated heterocycles. The number of aliphatic hydroxyl groups is 1. The lowest BCUT2D eigenvalue weighted by atomic mass is 10.1. The summed E-state index contributed by atoms with van der Waals surface area (Å²) in [7, 11) is 0. The summed E-state index contributed by atoms with van der Waals surface area (Å²) in [6, 6.07) is -0.772. The van der Waals surface area contributed by atoms with Crippen molar-refractivity contribution in [3.8, 4) is 0 Å². The summed E-state index contributed by atoms with van der Waals surface area (Å²) in [5.41, 5.74) is 0. The van der Waals surface area contributed by atoms with E-state index < -0.39 is 24.9 Å². The molecule has 2 amide bonds. The van der Waals surface area contributed by atoms with E-state index >= 15 is 0 Å². The Morgan fingerprint density at radius 2 is 2.20 bits per heavy atom. The summed E-state index contributed by atoms with van der Waals surface area (Å²) >= 11 is 0. The number of β-amino-alcohol motifs (C(OH)–C–C–N with tert-alkyl or cyclic N) is 1. The zero-order chi connectivity index (χ0) is 11.5. The van der Waals surface area contributed by atoms with Crippen molar-refractivity contribution in [2.45, 2.75) is 25.1 Å². The fourth-order valence-electron chi connectivity index (χ4n) is 1.43. The van der Waals surface area contributed by atoms with Crippen LogP contribution in [0.5, 0.6) is 0 Å². The number of nitrogens with zero attached hydrogens (tertiary/aromatic N) is 1. The summed E-state index contributed by atoms with van der Waals surface area (Å²) in [6.45, 7) is -0.844.